The molecule has 172 valence electrons. The minimum Gasteiger partial charge on any atom is -0.465 e. The van der Waals surface area contributed by atoms with Crippen molar-refractivity contribution >= 4 is 18.3 Å². The minimum absolute atomic E-state index is 0.0249. The van der Waals surface area contributed by atoms with Crippen LogP contribution < -0.4 is 10.6 Å². The van der Waals surface area contributed by atoms with Crippen molar-refractivity contribution in [3.05, 3.63) is 60.2 Å². The van der Waals surface area contributed by atoms with Crippen molar-refractivity contribution in [3.63, 3.8) is 0 Å². The van der Waals surface area contributed by atoms with Crippen LogP contribution in [0.1, 0.15) is 31.4 Å². The van der Waals surface area contributed by atoms with Crippen molar-refractivity contribution < 1.29 is 23.8 Å². The highest BCUT2D eigenvalue weighted by molar-refractivity contribution is 5.71. The molecule has 8 heteroatoms. The summed E-state index contributed by atoms with van der Waals surface area (Å²) in [6, 6.07) is 10.1. The number of hydrogen-bond donors (Lipinski definition) is 3. The molecule has 2 aliphatic carbocycles. The summed E-state index contributed by atoms with van der Waals surface area (Å²) in [6.45, 7) is 0.455. The van der Waals surface area contributed by atoms with Crippen LogP contribution in [0.3, 0.4) is 0 Å². The van der Waals surface area contributed by atoms with Crippen LogP contribution in [0.4, 0.5) is 14.0 Å². The number of carbonyl (C=O) groups excluding carboxylic acids is 1. The molecule has 1 aromatic carbocycles. The van der Waals surface area contributed by atoms with Gasteiger partial charge in [-0.2, -0.15) is 0 Å². The number of halogens is 1. The van der Waals surface area contributed by atoms with E-state index in [9.17, 15) is 14.0 Å². The predicted octanol–water partition coefficient (Wildman–Crippen LogP) is 4.45. The van der Waals surface area contributed by atoms with E-state index in [1.807, 2.05) is 24.3 Å². The highest BCUT2D eigenvalue weighted by Gasteiger charge is 2.58. The van der Waals surface area contributed by atoms with Crippen molar-refractivity contribution in [2.45, 2.75) is 37.3 Å². The van der Waals surface area contributed by atoms with Crippen LogP contribution in [0.5, 0.6) is 0 Å². The normalized spacial score (nSPS) is 30.8. The Kier molecular flexibility index (Phi) is 5.52. The number of nitrogens with one attached hydrogen (secondary N) is 2. The smallest absolute Gasteiger partial charge is 0.407 e. The molecular weight excluding hydrogens is 425 g/mol. The zero-order valence-corrected chi connectivity index (χ0v) is 18.0. The molecule has 2 heterocycles. The number of rotatable bonds is 4. The number of hydrogen-bond acceptors (Lipinski definition) is 4. The van der Waals surface area contributed by atoms with Gasteiger partial charge in [-0.1, -0.05) is 24.3 Å². The number of alkyl carbamates (subject to hydrolysis) is 1. The van der Waals surface area contributed by atoms with Crippen LogP contribution in [0.25, 0.3) is 17.2 Å². The number of benzene rings is 1. The summed E-state index contributed by atoms with van der Waals surface area (Å²) in [5, 5.41) is 14.5. The summed E-state index contributed by atoms with van der Waals surface area (Å²) in [7, 11) is 0. The molecule has 3 fully saturated rings. The van der Waals surface area contributed by atoms with E-state index < -0.39 is 17.8 Å². The second-order valence-corrected chi connectivity index (χ2v) is 9.26. The van der Waals surface area contributed by atoms with E-state index in [4.69, 9.17) is 9.84 Å². The van der Waals surface area contributed by atoms with Gasteiger partial charge in [-0.25, -0.2) is 14.0 Å². The monoisotopic (exact) mass is 451 g/mol. The van der Waals surface area contributed by atoms with Gasteiger partial charge in [0.1, 0.15) is 11.4 Å². The van der Waals surface area contributed by atoms with Gasteiger partial charge in [-0.3, -0.25) is 4.98 Å². The van der Waals surface area contributed by atoms with Gasteiger partial charge in [0, 0.05) is 23.7 Å². The van der Waals surface area contributed by atoms with Gasteiger partial charge in [0.05, 0.1) is 12.2 Å². The van der Waals surface area contributed by atoms with Crippen LogP contribution in [0.2, 0.25) is 0 Å². The predicted molar refractivity (Wildman–Crippen MR) is 120 cm³/mol. The van der Waals surface area contributed by atoms with Crippen LogP contribution in [-0.4, -0.2) is 40.5 Å². The maximum atomic E-state index is 13.5. The van der Waals surface area contributed by atoms with Gasteiger partial charge >= 0.3 is 12.2 Å². The average molecular weight is 451 g/mol. The molecular formula is C25H26FN3O4. The van der Waals surface area contributed by atoms with Crippen molar-refractivity contribution in [3.8, 4) is 11.1 Å². The summed E-state index contributed by atoms with van der Waals surface area (Å²) < 4.78 is 19.3. The molecule has 7 nitrogen and oxygen atoms in total. The standard InChI is InChI=1S/C25H26FN3O4/c26-18-3-1-2-15(10-18)16-4-5-19(27-13-16)7-9-22-21-8-6-20(29-23(30)31)11-17(21)12-25(22)14-28-24(32)33-25/h1-5,7,9-10,13,17,20-22,29H,6,8,11-12,14H2,(H,28,32)(H,30,31)/b9-7+/t17-,20?,21+,22-,25?/m0/s1. The van der Waals surface area contributed by atoms with E-state index >= 15 is 0 Å². The van der Waals surface area contributed by atoms with E-state index in [1.165, 1.54) is 12.1 Å². The quantitative estimate of drug-likeness (QED) is 0.638. The SMILES string of the molecule is O=C(O)NC1CC[C@@H]2[C@@H](C1)CC1(CNC(=O)O1)[C@H]2/C=C/c1ccc(-c2cccc(F)c2)cn1. The fourth-order valence-electron chi connectivity index (χ4n) is 5.91. The third-order valence-electron chi connectivity index (χ3n) is 7.29. The second kappa shape index (κ2) is 8.50. The van der Waals surface area contributed by atoms with Gasteiger partial charge in [-0.05, 0) is 67.4 Å². The lowest BCUT2D eigenvalue weighted by atomic mass is 9.75. The lowest BCUT2D eigenvalue weighted by molar-refractivity contribution is 0.0321. The first-order valence-corrected chi connectivity index (χ1v) is 11.3. The molecule has 2 aromatic rings. The Bertz CT molecular complexity index is 1090. The zero-order valence-electron chi connectivity index (χ0n) is 18.0. The first-order valence-electron chi connectivity index (χ1n) is 11.3. The minimum atomic E-state index is -0.996. The Morgan fingerprint density at radius 1 is 1.27 bits per heavy atom. The fourth-order valence-corrected chi connectivity index (χ4v) is 5.91. The van der Waals surface area contributed by atoms with Crippen LogP contribution in [0.15, 0.2) is 48.7 Å². The molecule has 1 saturated heterocycles. The van der Waals surface area contributed by atoms with Gasteiger partial charge in [-0.15, -0.1) is 0 Å². The number of ether oxygens (including phenoxy) is 1. The lowest BCUT2D eigenvalue weighted by Crippen LogP contribution is -2.40. The molecule has 0 bridgehead atoms. The molecule has 2 amide bonds. The lowest BCUT2D eigenvalue weighted by Gasteiger charge is -2.34. The summed E-state index contributed by atoms with van der Waals surface area (Å²) >= 11 is 0. The molecule has 3 N–H and O–H groups in total. The number of aromatic nitrogens is 1. The van der Waals surface area contributed by atoms with Crippen molar-refractivity contribution in [1.29, 1.82) is 0 Å². The summed E-state index contributed by atoms with van der Waals surface area (Å²) in [4.78, 5) is 27.5. The Hall–Kier alpha value is -3.42. The second-order valence-electron chi connectivity index (χ2n) is 9.26. The highest BCUT2D eigenvalue weighted by atomic mass is 19.1. The number of amides is 2. The van der Waals surface area contributed by atoms with Gasteiger partial charge in [0.2, 0.25) is 0 Å². The van der Waals surface area contributed by atoms with Crippen molar-refractivity contribution in [1.82, 2.24) is 15.6 Å². The van der Waals surface area contributed by atoms with E-state index in [-0.39, 0.29) is 23.7 Å². The van der Waals surface area contributed by atoms with Crippen LogP contribution >= 0.6 is 0 Å². The topological polar surface area (TPSA) is 101 Å². The Morgan fingerprint density at radius 2 is 2.15 bits per heavy atom. The fraction of sp³-hybridized carbons (Fsp3) is 0.400. The van der Waals surface area contributed by atoms with E-state index in [0.29, 0.717) is 12.5 Å². The van der Waals surface area contributed by atoms with E-state index in [1.54, 1.807) is 12.3 Å². The Balaban J connectivity index is 1.35. The number of nitrogens with zero attached hydrogens (tertiary/aromatic N) is 1. The molecule has 33 heavy (non-hydrogen) atoms. The molecule has 0 radical (unpaired) electrons. The summed E-state index contributed by atoms with van der Waals surface area (Å²) in [5.41, 5.74) is 1.77. The van der Waals surface area contributed by atoms with Gasteiger partial charge in [0.25, 0.3) is 0 Å². The van der Waals surface area contributed by atoms with Gasteiger partial charge < -0.3 is 20.5 Å². The molecule has 5 rings (SSSR count). The molecule has 3 aliphatic rings. The highest BCUT2D eigenvalue weighted by Crippen LogP contribution is 2.54. The molecule has 1 aromatic heterocycles. The van der Waals surface area contributed by atoms with Crippen molar-refractivity contribution in [2.75, 3.05) is 6.54 Å². The summed E-state index contributed by atoms with van der Waals surface area (Å²) in [6.07, 6.45) is 7.50. The van der Waals surface area contributed by atoms with Crippen molar-refractivity contribution in [2.24, 2.45) is 17.8 Å². The van der Waals surface area contributed by atoms with E-state index in [0.717, 1.165) is 42.5 Å². The van der Waals surface area contributed by atoms with Crippen LogP contribution in [-0.2, 0) is 4.74 Å². The van der Waals surface area contributed by atoms with Gasteiger partial charge in [0.15, 0.2) is 0 Å². The number of carbonyl (C=O) groups is 2. The molecule has 2 unspecified atom stereocenters. The largest absolute Gasteiger partial charge is 0.465 e. The first kappa shape index (κ1) is 21.4. The third-order valence-corrected chi connectivity index (χ3v) is 7.29. The van der Waals surface area contributed by atoms with Crippen LogP contribution in [0, 0.1) is 23.6 Å². The molecule has 5 atom stereocenters. The Labute approximate surface area is 191 Å². The number of fused-ring (bicyclic) bond motifs is 1. The first-order chi connectivity index (χ1) is 15.9. The molecule has 2 saturated carbocycles. The molecule has 1 aliphatic heterocycles. The van der Waals surface area contributed by atoms with E-state index in [2.05, 4.69) is 21.7 Å². The number of carboxylic acid groups (broad SMARTS) is 1. The summed E-state index contributed by atoms with van der Waals surface area (Å²) in [5.74, 6) is 0.330. The maximum Gasteiger partial charge on any atom is 0.407 e. The number of pyridine rings is 1. The zero-order chi connectivity index (χ0) is 23.0. The average Bonchev–Trinajstić information content (AvgIpc) is 3.30. The maximum absolute atomic E-state index is 13.5. The third kappa shape index (κ3) is 4.29. The Morgan fingerprint density at radius 3 is 2.85 bits per heavy atom. The molecule has 1 spiro atoms.